The minimum absolute atomic E-state index is 0.613. The average molecular weight is 237 g/mol. The average Bonchev–Trinajstić information content (AvgIpc) is 2.99. The summed E-state index contributed by atoms with van der Waals surface area (Å²) in [5, 5.41) is 3.42. The summed E-state index contributed by atoms with van der Waals surface area (Å²) >= 11 is 0. The van der Waals surface area contributed by atoms with Gasteiger partial charge in [-0.25, -0.2) is 0 Å². The van der Waals surface area contributed by atoms with Crippen LogP contribution < -0.4 is 5.32 Å². The van der Waals surface area contributed by atoms with Gasteiger partial charge in [0.15, 0.2) is 0 Å². The van der Waals surface area contributed by atoms with Crippen molar-refractivity contribution in [3.05, 3.63) is 23.7 Å². The molecule has 0 spiro atoms. The molecule has 96 valence electrons. The van der Waals surface area contributed by atoms with E-state index in [9.17, 15) is 0 Å². The van der Waals surface area contributed by atoms with Crippen LogP contribution in [0.1, 0.15) is 38.0 Å². The van der Waals surface area contributed by atoms with Gasteiger partial charge in [-0.3, -0.25) is 0 Å². The Labute approximate surface area is 104 Å². The zero-order chi connectivity index (χ0) is 12.1. The monoisotopic (exact) mass is 237 g/mol. The molecule has 0 bridgehead atoms. The second-order valence-electron chi connectivity index (χ2n) is 5.35. The lowest BCUT2D eigenvalue weighted by atomic mass is 10.2. The maximum atomic E-state index is 5.65. The Balaban J connectivity index is 1.70. The molecule has 1 fully saturated rings. The third-order valence-corrected chi connectivity index (χ3v) is 2.99. The normalized spacial score (nSPS) is 15.7. The van der Waals surface area contributed by atoms with Gasteiger partial charge in [0.1, 0.15) is 12.4 Å². The largest absolute Gasteiger partial charge is 0.467 e. The van der Waals surface area contributed by atoms with Crippen LogP contribution in [-0.2, 0) is 17.9 Å². The van der Waals surface area contributed by atoms with Crippen LogP contribution >= 0.6 is 0 Å². The molecule has 1 N–H and O–H groups in total. The van der Waals surface area contributed by atoms with E-state index in [4.69, 9.17) is 9.15 Å². The van der Waals surface area contributed by atoms with Crippen LogP contribution in [0.4, 0.5) is 0 Å². The predicted octanol–water partition coefficient (Wildman–Crippen LogP) is 2.95. The van der Waals surface area contributed by atoms with Gasteiger partial charge in [0, 0.05) is 18.7 Å². The first-order valence-electron chi connectivity index (χ1n) is 6.59. The molecule has 3 nitrogen and oxygen atoms in total. The Morgan fingerprint density at radius 1 is 1.47 bits per heavy atom. The summed E-state index contributed by atoms with van der Waals surface area (Å²) in [6.45, 7) is 7.83. The second kappa shape index (κ2) is 6.22. The van der Waals surface area contributed by atoms with Crippen molar-refractivity contribution >= 4 is 0 Å². The van der Waals surface area contributed by atoms with Crippen molar-refractivity contribution in [2.75, 3.05) is 13.2 Å². The van der Waals surface area contributed by atoms with E-state index in [1.807, 2.05) is 6.07 Å². The number of ether oxygens (including phenoxy) is 1. The summed E-state index contributed by atoms with van der Waals surface area (Å²) in [7, 11) is 0. The molecule has 1 saturated carbocycles. The highest BCUT2D eigenvalue weighted by atomic mass is 16.5. The molecule has 17 heavy (non-hydrogen) atoms. The van der Waals surface area contributed by atoms with E-state index in [1.54, 1.807) is 6.26 Å². The Morgan fingerprint density at radius 2 is 2.29 bits per heavy atom. The van der Waals surface area contributed by atoms with E-state index in [0.29, 0.717) is 12.5 Å². The van der Waals surface area contributed by atoms with Gasteiger partial charge in [0.05, 0.1) is 6.26 Å². The van der Waals surface area contributed by atoms with E-state index in [0.717, 1.165) is 31.4 Å². The highest BCUT2D eigenvalue weighted by molar-refractivity contribution is 5.16. The summed E-state index contributed by atoms with van der Waals surface area (Å²) in [5.41, 5.74) is 1.22. The molecule has 0 atom stereocenters. The number of hydrogen-bond acceptors (Lipinski definition) is 3. The number of furan rings is 1. The lowest BCUT2D eigenvalue weighted by molar-refractivity contribution is 0.0964. The molecule has 1 aromatic rings. The van der Waals surface area contributed by atoms with Crippen molar-refractivity contribution in [3.8, 4) is 0 Å². The maximum Gasteiger partial charge on any atom is 0.133 e. The van der Waals surface area contributed by atoms with E-state index < -0.39 is 0 Å². The Hall–Kier alpha value is -0.800. The fourth-order valence-corrected chi connectivity index (χ4v) is 1.75. The van der Waals surface area contributed by atoms with Gasteiger partial charge in [-0.15, -0.1) is 0 Å². The first-order chi connectivity index (χ1) is 8.25. The minimum atomic E-state index is 0.613. The number of nitrogens with one attached hydrogen (secondary N) is 1. The highest BCUT2D eigenvalue weighted by Crippen LogP contribution is 2.29. The summed E-state index contributed by atoms with van der Waals surface area (Å²) in [4.78, 5) is 0. The fraction of sp³-hybridized carbons (Fsp3) is 0.714. The summed E-state index contributed by atoms with van der Waals surface area (Å²) < 4.78 is 11.1. The molecular weight excluding hydrogens is 214 g/mol. The molecule has 0 unspecified atom stereocenters. The predicted molar refractivity (Wildman–Crippen MR) is 67.6 cm³/mol. The molecular formula is C14H23NO2. The molecule has 0 radical (unpaired) electrons. The quantitative estimate of drug-likeness (QED) is 0.755. The van der Waals surface area contributed by atoms with Crippen LogP contribution in [0.15, 0.2) is 16.7 Å². The van der Waals surface area contributed by atoms with Gasteiger partial charge in [0.25, 0.3) is 0 Å². The van der Waals surface area contributed by atoms with Gasteiger partial charge in [-0.05, 0) is 37.3 Å². The lowest BCUT2D eigenvalue weighted by Crippen LogP contribution is -2.19. The van der Waals surface area contributed by atoms with E-state index in [1.165, 1.54) is 18.4 Å². The molecule has 2 rings (SSSR count). The molecule has 1 aromatic heterocycles. The van der Waals surface area contributed by atoms with Gasteiger partial charge >= 0.3 is 0 Å². The van der Waals surface area contributed by atoms with Crippen molar-refractivity contribution < 1.29 is 9.15 Å². The van der Waals surface area contributed by atoms with Crippen molar-refractivity contribution in [2.24, 2.45) is 11.8 Å². The lowest BCUT2D eigenvalue weighted by Gasteiger charge is -2.07. The fourth-order valence-electron chi connectivity index (χ4n) is 1.75. The zero-order valence-corrected chi connectivity index (χ0v) is 10.9. The molecule has 1 heterocycles. The number of hydrogen-bond donors (Lipinski definition) is 1. The van der Waals surface area contributed by atoms with Gasteiger partial charge in [-0.2, -0.15) is 0 Å². The summed E-state index contributed by atoms with van der Waals surface area (Å²) in [6.07, 6.45) is 4.42. The first-order valence-corrected chi connectivity index (χ1v) is 6.59. The summed E-state index contributed by atoms with van der Waals surface area (Å²) in [5.74, 6) is 2.46. The van der Waals surface area contributed by atoms with Crippen LogP contribution in [0.3, 0.4) is 0 Å². The third-order valence-electron chi connectivity index (χ3n) is 2.99. The Morgan fingerprint density at radius 3 is 3.00 bits per heavy atom. The first kappa shape index (κ1) is 12.7. The van der Waals surface area contributed by atoms with Crippen molar-refractivity contribution in [3.63, 3.8) is 0 Å². The molecule has 0 aromatic carbocycles. The Bertz CT molecular complexity index is 306. The third kappa shape index (κ3) is 4.52. The molecule has 0 aliphatic heterocycles. The smallest absolute Gasteiger partial charge is 0.133 e. The zero-order valence-electron chi connectivity index (χ0n) is 10.9. The second-order valence-corrected chi connectivity index (χ2v) is 5.35. The van der Waals surface area contributed by atoms with E-state index in [-0.39, 0.29) is 0 Å². The van der Waals surface area contributed by atoms with Crippen LogP contribution in [0, 0.1) is 11.8 Å². The van der Waals surface area contributed by atoms with Crippen LogP contribution in [0.25, 0.3) is 0 Å². The van der Waals surface area contributed by atoms with Gasteiger partial charge in [-0.1, -0.05) is 13.8 Å². The standard InChI is InChI=1S/C14H23NO2/c1-11(2)7-15-8-13-5-6-17-14(13)10-16-9-12-3-4-12/h5-6,11-12,15H,3-4,7-10H2,1-2H3. The van der Waals surface area contributed by atoms with Crippen LogP contribution in [0.2, 0.25) is 0 Å². The molecule has 1 aliphatic carbocycles. The van der Waals surface area contributed by atoms with Crippen molar-refractivity contribution in [2.45, 2.75) is 39.8 Å². The topological polar surface area (TPSA) is 34.4 Å². The van der Waals surface area contributed by atoms with Gasteiger partial charge < -0.3 is 14.5 Å². The molecule has 0 saturated heterocycles. The molecule has 1 aliphatic rings. The van der Waals surface area contributed by atoms with Crippen molar-refractivity contribution in [1.82, 2.24) is 5.32 Å². The summed E-state index contributed by atoms with van der Waals surface area (Å²) in [6, 6.07) is 2.03. The SMILES string of the molecule is CC(C)CNCc1ccoc1COCC1CC1. The van der Waals surface area contributed by atoms with Crippen LogP contribution in [0.5, 0.6) is 0 Å². The van der Waals surface area contributed by atoms with Crippen molar-refractivity contribution in [1.29, 1.82) is 0 Å². The van der Waals surface area contributed by atoms with Crippen LogP contribution in [-0.4, -0.2) is 13.2 Å². The molecule has 0 amide bonds. The number of rotatable bonds is 8. The maximum absolute atomic E-state index is 5.65. The Kier molecular flexibility index (Phi) is 4.63. The highest BCUT2D eigenvalue weighted by Gasteiger charge is 2.21. The van der Waals surface area contributed by atoms with E-state index >= 15 is 0 Å². The van der Waals surface area contributed by atoms with E-state index in [2.05, 4.69) is 19.2 Å². The minimum Gasteiger partial charge on any atom is -0.467 e. The molecule has 3 heteroatoms. The van der Waals surface area contributed by atoms with Gasteiger partial charge in [0.2, 0.25) is 0 Å².